The first kappa shape index (κ1) is 19.8. The second kappa shape index (κ2) is 9.85. The van der Waals surface area contributed by atoms with Gasteiger partial charge in [-0.1, -0.05) is 31.1 Å². The van der Waals surface area contributed by atoms with E-state index in [1.165, 1.54) is 11.3 Å². The minimum absolute atomic E-state index is 0.627. The Balaban J connectivity index is 2.07. The van der Waals surface area contributed by atoms with Crippen LogP contribution >= 0.6 is 0 Å². The van der Waals surface area contributed by atoms with Gasteiger partial charge in [0.05, 0.1) is 12.2 Å². The Bertz CT molecular complexity index is 699. The van der Waals surface area contributed by atoms with Crippen LogP contribution in [0.4, 0.5) is 5.69 Å². The molecular weight excluding hydrogens is 326 g/mol. The number of anilines is 1. The highest BCUT2D eigenvalue weighted by atomic mass is 16.5. The molecular formula is C20H31N5O. The van der Waals surface area contributed by atoms with Crippen molar-refractivity contribution < 1.29 is 4.52 Å². The number of guanidine groups is 1. The van der Waals surface area contributed by atoms with Crippen molar-refractivity contribution in [3.63, 3.8) is 0 Å². The first-order valence-corrected chi connectivity index (χ1v) is 9.33. The number of aromatic nitrogens is 1. The zero-order valence-corrected chi connectivity index (χ0v) is 16.6. The van der Waals surface area contributed by atoms with Crippen LogP contribution in [0.3, 0.4) is 0 Å². The topological polar surface area (TPSA) is 65.7 Å². The Labute approximate surface area is 156 Å². The lowest BCUT2D eigenvalue weighted by atomic mass is 10.1. The summed E-state index contributed by atoms with van der Waals surface area (Å²) in [5.74, 6) is 1.75. The van der Waals surface area contributed by atoms with Gasteiger partial charge in [0.25, 0.3) is 0 Å². The molecule has 0 aliphatic rings. The minimum atomic E-state index is 0.627. The molecule has 2 rings (SSSR count). The van der Waals surface area contributed by atoms with Gasteiger partial charge in [-0.25, -0.2) is 4.99 Å². The Hall–Kier alpha value is -2.50. The fourth-order valence-electron chi connectivity index (χ4n) is 2.76. The number of benzene rings is 1. The first-order chi connectivity index (χ1) is 12.6. The van der Waals surface area contributed by atoms with E-state index in [9.17, 15) is 0 Å². The SMILES string of the molecule is CCNC(=NCc1cccc(N(C)C)c1)NCc1c(CC)noc1CC. The Morgan fingerprint density at radius 3 is 2.62 bits per heavy atom. The van der Waals surface area contributed by atoms with Gasteiger partial charge >= 0.3 is 0 Å². The van der Waals surface area contributed by atoms with Crippen LogP contribution in [-0.2, 0) is 25.9 Å². The third-order valence-electron chi connectivity index (χ3n) is 4.23. The van der Waals surface area contributed by atoms with E-state index in [0.717, 1.165) is 42.4 Å². The lowest BCUT2D eigenvalue weighted by molar-refractivity contribution is 0.380. The van der Waals surface area contributed by atoms with Crippen molar-refractivity contribution >= 4 is 11.6 Å². The fraction of sp³-hybridized carbons (Fsp3) is 0.500. The number of aliphatic imine (C=N–C) groups is 1. The average molecular weight is 358 g/mol. The van der Waals surface area contributed by atoms with E-state index in [1.54, 1.807) is 0 Å². The molecule has 0 aliphatic heterocycles. The van der Waals surface area contributed by atoms with Gasteiger partial charge in [-0.3, -0.25) is 0 Å². The molecule has 0 spiro atoms. The molecule has 2 N–H and O–H groups in total. The molecule has 0 aliphatic carbocycles. The number of rotatable bonds is 8. The summed E-state index contributed by atoms with van der Waals surface area (Å²) in [6, 6.07) is 8.43. The molecule has 6 heteroatoms. The van der Waals surface area contributed by atoms with Gasteiger partial charge in [0.1, 0.15) is 5.76 Å². The summed E-state index contributed by atoms with van der Waals surface area (Å²) >= 11 is 0. The van der Waals surface area contributed by atoms with Gasteiger partial charge in [-0.05, 0) is 31.0 Å². The lowest BCUT2D eigenvalue weighted by Gasteiger charge is -2.14. The second-order valence-electron chi connectivity index (χ2n) is 6.35. The number of aryl methyl sites for hydroxylation is 2. The van der Waals surface area contributed by atoms with Crippen molar-refractivity contribution in [3.8, 4) is 0 Å². The van der Waals surface area contributed by atoms with Crippen LogP contribution in [0.5, 0.6) is 0 Å². The number of nitrogens with one attached hydrogen (secondary N) is 2. The zero-order chi connectivity index (χ0) is 18.9. The monoisotopic (exact) mass is 357 g/mol. The van der Waals surface area contributed by atoms with Crippen molar-refractivity contribution in [3.05, 3.63) is 46.8 Å². The predicted octanol–water partition coefficient (Wildman–Crippen LogP) is 3.12. The molecule has 26 heavy (non-hydrogen) atoms. The van der Waals surface area contributed by atoms with Crippen LogP contribution in [-0.4, -0.2) is 31.8 Å². The van der Waals surface area contributed by atoms with E-state index in [-0.39, 0.29) is 0 Å². The molecule has 142 valence electrons. The average Bonchev–Trinajstić information content (AvgIpc) is 3.06. The summed E-state index contributed by atoms with van der Waals surface area (Å²) in [6.07, 6.45) is 1.71. The van der Waals surface area contributed by atoms with Crippen molar-refractivity contribution in [2.45, 2.75) is 46.7 Å². The van der Waals surface area contributed by atoms with Gasteiger partial charge in [-0.15, -0.1) is 0 Å². The van der Waals surface area contributed by atoms with E-state index in [4.69, 9.17) is 9.52 Å². The molecule has 1 heterocycles. The molecule has 0 bridgehead atoms. The summed E-state index contributed by atoms with van der Waals surface area (Å²) < 4.78 is 5.44. The molecule has 0 fully saturated rings. The largest absolute Gasteiger partial charge is 0.378 e. The summed E-state index contributed by atoms with van der Waals surface area (Å²) in [4.78, 5) is 6.82. The predicted molar refractivity (Wildman–Crippen MR) is 108 cm³/mol. The van der Waals surface area contributed by atoms with Crippen molar-refractivity contribution in [1.82, 2.24) is 15.8 Å². The Morgan fingerprint density at radius 1 is 1.15 bits per heavy atom. The number of hydrogen-bond acceptors (Lipinski definition) is 4. The highest BCUT2D eigenvalue weighted by molar-refractivity contribution is 5.79. The van der Waals surface area contributed by atoms with Gasteiger partial charge in [0, 0.05) is 44.9 Å². The van der Waals surface area contributed by atoms with Crippen LogP contribution in [0.25, 0.3) is 0 Å². The quantitative estimate of drug-likeness (QED) is 0.561. The number of hydrogen-bond donors (Lipinski definition) is 2. The Kier molecular flexibility index (Phi) is 7.51. The van der Waals surface area contributed by atoms with Crippen LogP contribution in [0.15, 0.2) is 33.8 Å². The van der Waals surface area contributed by atoms with Crippen molar-refractivity contribution in [1.29, 1.82) is 0 Å². The summed E-state index contributed by atoms with van der Waals surface area (Å²) in [6.45, 7) is 8.35. The molecule has 1 aromatic heterocycles. The van der Waals surface area contributed by atoms with Crippen molar-refractivity contribution in [2.75, 3.05) is 25.5 Å². The molecule has 0 amide bonds. The van der Waals surface area contributed by atoms with E-state index in [2.05, 4.69) is 65.7 Å². The van der Waals surface area contributed by atoms with Crippen LogP contribution in [0.1, 0.15) is 43.4 Å². The molecule has 0 saturated heterocycles. The van der Waals surface area contributed by atoms with Crippen LogP contribution < -0.4 is 15.5 Å². The molecule has 2 aromatic rings. The van der Waals surface area contributed by atoms with Gasteiger partial charge < -0.3 is 20.1 Å². The van der Waals surface area contributed by atoms with Gasteiger partial charge in [-0.2, -0.15) is 0 Å². The Morgan fingerprint density at radius 2 is 1.96 bits per heavy atom. The first-order valence-electron chi connectivity index (χ1n) is 9.33. The molecule has 0 unspecified atom stereocenters. The molecule has 0 atom stereocenters. The van der Waals surface area contributed by atoms with E-state index in [0.29, 0.717) is 13.1 Å². The molecule has 6 nitrogen and oxygen atoms in total. The van der Waals surface area contributed by atoms with E-state index >= 15 is 0 Å². The van der Waals surface area contributed by atoms with E-state index in [1.807, 2.05) is 14.1 Å². The van der Waals surface area contributed by atoms with Crippen molar-refractivity contribution in [2.24, 2.45) is 4.99 Å². The second-order valence-corrected chi connectivity index (χ2v) is 6.35. The summed E-state index contributed by atoms with van der Waals surface area (Å²) in [5, 5.41) is 10.9. The number of nitrogens with zero attached hydrogens (tertiary/aromatic N) is 3. The lowest BCUT2D eigenvalue weighted by Crippen LogP contribution is -2.37. The fourth-order valence-corrected chi connectivity index (χ4v) is 2.76. The third kappa shape index (κ3) is 5.25. The maximum Gasteiger partial charge on any atom is 0.191 e. The third-order valence-corrected chi connectivity index (χ3v) is 4.23. The standard InChI is InChI=1S/C20H31N5O/c1-6-18-17(19(7-2)26-24-18)14-23-20(21-8-3)22-13-15-10-9-11-16(12-15)25(4)5/h9-12H,6-8,13-14H2,1-5H3,(H2,21,22,23). The highest BCUT2D eigenvalue weighted by Gasteiger charge is 2.13. The molecule has 0 radical (unpaired) electrons. The minimum Gasteiger partial charge on any atom is -0.378 e. The smallest absolute Gasteiger partial charge is 0.191 e. The highest BCUT2D eigenvalue weighted by Crippen LogP contribution is 2.16. The van der Waals surface area contributed by atoms with Gasteiger partial charge in [0.2, 0.25) is 0 Å². The van der Waals surface area contributed by atoms with Crippen LogP contribution in [0, 0.1) is 0 Å². The summed E-state index contributed by atoms with van der Waals surface area (Å²) in [5.41, 5.74) is 4.53. The van der Waals surface area contributed by atoms with E-state index < -0.39 is 0 Å². The molecule has 0 saturated carbocycles. The maximum atomic E-state index is 5.44. The normalized spacial score (nSPS) is 11.5. The molecule has 1 aromatic carbocycles. The zero-order valence-electron chi connectivity index (χ0n) is 16.6. The van der Waals surface area contributed by atoms with Gasteiger partial charge in [0.15, 0.2) is 5.96 Å². The summed E-state index contributed by atoms with van der Waals surface area (Å²) in [7, 11) is 4.09. The maximum absolute atomic E-state index is 5.44. The van der Waals surface area contributed by atoms with Crippen LogP contribution in [0.2, 0.25) is 0 Å².